The third-order valence-corrected chi connectivity index (χ3v) is 4.60. The molecule has 0 aliphatic heterocycles. The van der Waals surface area contributed by atoms with E-state index in [-0.39, 0.29) is 5.97 Å². The van der Waals surface area contributed by atoms with Gasteiger partial charge in [-0.2, -0.15) is 0 Å². The third kappa shape index (κ3) is 5.32. The molecule has 0 saturated heterocycles. The lowest BCUT2D eigenvalue weighted by atomic mass is 10.1. The highest BCUT2D eigenvalue weighted by atomic mass is 32.1. The Morgan fingerprint density at radius 3 is 2.62 bits per heavy atom. The van der Waals surface area contributed by atoms with E-state index in [1.807, 2.05) is 24.3 Å². The second-order valence-corrected chi connectivity index (χ2v) is 7.38. The number of thiophene rings is 1. The van der Waals surface area contributed by atoms with Crippen molar-refractivity contribution in [3.63, 3.8) is 0 Å². The SMILES string of the molecule is COC(=O)c1cc(Cc2ccccc2)sc1NC(=S)NCC(C)C. The number of ether oxygens (including phenoxy) is 1. The second-order valence-electron chi connectivity index (χ2n) is 5.84. The molecule has 0 amide bonds. The van der Waals surface area contributed by atoms with Gasteiger partial charge in [0.05, 0.1) is 12.7 Å². The summed E-state index contributed by atoms with van der Waals surface area (Å²) in [5.74, 6) is 0.126. The van der Waals surface area contributed by atoms with E-state index in [1.54, 1.807) is 0 Å². The lowest BCUT2D eigenvalue weighted by molar-refractivity contribution is 0.0602. The Morgan fingerprint density at radius 1 is 1.29 bits per heavy atom. The molecule has 0 bridgehead atoms. The zero-order valence-corrected chi connectivity index (χ0v) is 15.7. The summed E-state index contributed by atoms with van der Waals surface area (Å²) in [7, 11) is 1.38. The Bertz CT molecular complexity index is 696. The van der Waals surface area contributed by atoms with Crippen LogP contribution < -0.4 is 10.6 Å². The molecule has 0 aliphatic carbocycles. The molecule has 0 fully saturated rings. The third-order valence-electron chi connectivity index (χ3n) is 3.31. The topological polar surface area (TPSA) is 50.4 Å². The summed E-state index contributed by atoms with van der Waals surface area (Å²) in [5, 5.41) is 7.51. The number of nitrogens with one attached hydrogen (secondary N) is 2. The maximum atomic E-state index is 12.0. The van der Waals surface area contributed by atoms with Crippen molar-refractivity contribution in [3.8, 4) is 0 Å². The summed E-state index contributed by atoms with van der Waals surface area (Å²) >= 11 is 6.83. The maximum Gasteiger partial charge on any atom is 0.340 e. The van der Waals surface area contributed by atoms with Crippen molar-refractivity contribution in [1.29, 1.82) is 0 Å². The molecule has 128 valence electrons. The van der Waals surface area contributed by atoms with Crippen molar-refractivity contribution in [1.82, 2.24) is 5.32 Å². The smallest absolute Gasteiger partial charge is 0.340 e. The Labute approximate surface area is 152 Å². The molecular formula is C18H22N2O2S2. The molecule has 2 aromatic rings. The van der Waals surface area contributed by atoms with Gasteiger partial charge in [0.15, 0.2) is 5.11 Å². The van der Waals surface area contributed by atoms with Crippen molar-refractivity contribution in [2.24, 2.45) is 5.92 Å². The Hall–Kier alpha value is -1.92. The van der Waals surface area contributed by atoms with E-state index in [4.69, 9.17) is 17.0 Å². The number of esters is 1. The average Bonchev–Trinajstić information content (AvgIpc) is 2.95. The zero-order chi connectivity index (χ0) is 17.5. The Morgan fingerprint density at radius 2 is 2.00 bits per heavy atom. The molecule has 4 nitrogen and oxygen atoms in total. The minimum Gasteiger partial charge on any atom is -0.465 e. The fourth-order valence-corrected chi connectivity index (χ4v) is 3.46. The van der Waals surface area contributed by atoms with Gasteiger partial charge in [-0.05, 0) is 29.8 Å². The van der Waals surface area contributed by atoms with Gasteiger partial charge >= 0.3 is 5.97 Å². The predicted octanol–water partition coefficient (Wildman–Crippen LogP) is 4.07. The van der Waals surface area contributed by atoms with E-state index in [0.717, 1.165) is 17.8 Å². The van der Waals surface area contributed by atoms with Gasteiger partial charge in [0.25, 0.3) is 0 Å². The molecule has 1 aromatic heterocycles. The van der Waals surface area contributed by atoms with Crippen LogP contribution in [0.2, 0.25) is 0 Å². The predicted molar refractivity (Wildman–Crippen MR) is 104 cm³/mol. The van der Waals surface area contributed by atoms with Gasteiger partial charge in [0.1, 0.15) is 5.00 Å². The van der Waals surface area contributed by atoms with Crippen LogP contribution in [0.25, 0.3) is 0 Å². The molecule has 1 aromatic carbocycles. The number of benzene rings is 1. The lowest BCUT2D eigenvalue weighted by Gasteiger charge is -2.11. The number of hydrogen-bond acceptors (Lipinski definition) is 4. The number of methoxy groups -OCH3 is 1. The van der Waals surface area contributed by atoms with Crippen LogP contribution in [-0.4, -0.2) is 24.7 Å². The first kappa shape index (κ1) is 18.4. The minimum absolute atomic E-state index is 0.361. The van der Waals surface area contributed by atoms with Crippen LogP contribution in [0.5, 0.6) is 0 Å². The molecule has 0 spiro atoms. The van der Waals surface area contributed by atoms with Crippen molar-refractivity contribution in [2.75, 3.05) is 19.0 Å². The summed E-state index contributed by atoms with van der Waals surface area (Å²) in [6.07, 6.45) is 0.767. The van der Waals surface area contributed by atoms with Gasteiger partial charge in [0.2, 0.25) is 0 Å². The summed E-state index contributed by atoms with van der Waals surface area (Å²) in [6, 6.07) is 12.0. The molecule has 2 N–H and O–H groups in total. The number of rotatable bonds is 6. The van der Waals surface area contributed by atoms with Gasteiger partial charge in [-0.25, -0.2) is 4.79 Å². The molecule has 0 saturated carbocycles. The van der Waals surface area contributed by atoms with Crippen molar-refractivity contribution < 1.29 is 9.53 Å². The van der Waals surface area contributed by atoms with Crippen molar-refractivity contribution >= 4 is 39.6 Å². The Balaban J connectivity index is 2.16. The van der Waals surface area contributed by atoms with E-state index >= 15 is 0 Å². The van der Waals surface area contributed by atoms with Crippen LogP contribution in [-0.2, 0) is 11.2 Å². The zero-order valence-electron chi connectivity index (χ0n) is 14.1. The van der Waals surface area contributed by atoms with Crippen LogP contribution >= 0.6 is 23.6 Å². The molecule has 6 heteroatoms. The molecule has 0 radical (unpaired) electrons. The standard InChI is InChI=1S/C18H22N2O2S2/c1-12(2)11-19-18(23)20-16-15(17(21)22-3)10-14(24-16)9-13-7-5-4-6-8-13/h4-8,10,12H,9,11H2,1-3H3,(H2,19,20,23). The summed E-state index contributed by atoms with van der Waals surface area (Å²) in [6.45, 7) is 5.00. The monoisotopic (exact) mass is 362 g/mol. The van der Waals surface area contributed by atoms with E-state index < -0.39 is 0 Å². The van der Waals surface area contributed by atoms with Gasteiger partial charge in [-0.15, -0.1) is 11.3 Å². The average molecular weight is 363 g/mol. The number of thiocarbonyl (C=S) groups is 1. The highest BCUT2D eigenvalue weighted by Gasteiger charge is 2.18. The van der Waals surface area contributed by atoms with Gasteiger partial charge < -0.3 is 15.4 Å². The van der Waals surface area contributed by atoms with E-state index in [9.17, 15) is 4.79 Å². The first-order valence-corrected chi connectivity index (χ1v) is 9.02. The highest BCUT2D eigenvalue weighted by Crippen LogP contribution is 2.30. The van der Waals surface area contributed by atoms with Gasteiger partial charge in [-0.1, -0.05) is 44.2 Å². The summed E-state index contributed by atoms with van der Waals surface area (Å²) < 4.78 is 4.88. The molecule has 1 heterocycles. The van der Waals surface area contributed by atoms with E-state index in [0.29, 0.717) is 21.6 Å². The fraction of sp³-hybridized carbons (Fsp3) is 0.333. The number of anilines is 1. The molecule has 24 heavy (non-hydrogen) atoms. The molecule has 2 rings (SSSR count). The second kappa shape index (κ2) is 8.80. The normalized spacial score (nSPS) is 10.5. The summed E-state index contributed by atoms with van der Waals surface area (Å²) in [4.78, 5) is 13.1. The van der Waals surface area contributed by atoms with Crippen LogP contribution in [0.15, 0.2) is 36.4 Å². The van der Waals surface area contributed by atoms with Crippen molar-refractivity contribution in [2.45, 2.75) is 20.3 Å². The first-order chi connectivity index (χ1) is 11.5. The summed E-state index contributed by atoms with van der Waals surface area (Å²) in [5.41, 5.74) is 1.71. The van der Waals surface area contributed by atoms with Crippen molar-refractivity contribution in [3.05, 3.63) is 52.4 Å². The van der Waals surface area contributed by atoms with E-state index in [1.165, 1.54) is 24.0 Å². The van der Waals surface area contributed by atoms with Crippen LogP contribution in [0.3, 0.4) is 0 Å². The number of hydrogen-bond donors (Lipinski definition) is 2. The van der Waals surface area contributed by atoms with Crippen LogP contribution in [0.4, 0.5) is 5.00 Å². The molecule has 0 atom stereocenters. The van der Waals surface area contributed by atoms with E-state index in [2.05, 4.69) is 36.6 Å². The van der Waals surface area contributed by atoms with Gasteiger partial charge in [-0.3, -0.25) is 0 Å². The molecular weight excluding hydrogens is 340 g/mol. The quantitative estimate of drug-likeness (QED) is 0.599. The molecule has 0 unspecified atom stereocenters. The Kier molecular flexibility index (Phi) is 6.75. The van der Waals surface area contributed by atoms with Gasteiger partial charge in [0, 0.05) is 17.8 Å². The fourth-order valence-electron chi connectivity index (χ4n) is 2.12. The maximum absolute atomic E-state index is 12.0. The minimum atomic E-state index is -0.361. The largest absolute Gasteiger partial charge is 0.465 e. The number of carbonyl (C=O) groups excluding carboxylic acids is 1. The number of carbonyl (C=O) groups is 1. The lowest BCUT2D eigenvalue weighted by Crippen LogP contribution is -2.31. The highest BCUT2D eigenvalue weighted by molar-refractivity contribution is 7.80. The van der Waals surface area contributed by atoms with Crippen LogP contribution in [0, 0.1) is 5.92 Å². The first-order valence-electron chi connectivity index (χ1n) is 7.79. The molecule has 0 aliphatic rings. The van der Waals surface area contributed by atoms with Crippen LogP contribution in [0.1, 0.15) is 34.6 Å².